The highest BCUT2D eigenvalue weighted by atomic mass is 35.5. The zero-order valence-corrected chi connectivity index (χ0v) is 29.3. The number of hydrogen-bond acceptors (Lipinski definition) is 10. The van der Waals surface area contributed by atoms with Crippen LogP contribution in [0.25, 0.3) is 44.9 Å². The Bertz CT molecular complexity index is 2240. The van der Waals surface area contributed by atoms with Crippen LogP contribution >= 0.6 is 23.2 Å². The number of halogens is 2. The summed E-state index contributed by atoms with van der Waals surface area (Å²) in [4.78, 5) is 30.2. The number of hydrogen-bond donors (Lipinski definition) is 2. The lowest BCUT2D eigenvalue weighted by Crippen LogP contribution is -2.26. The maximum absolute atomic E-state index is 11.6. The number of nitriles is 1. The molecule has 0 spiro atoms. The fourth-order valence-electron chi connectivity index (χ4n) is 7.82. The molecule has 0 radical (unpaired) electrons. The van der Waals surface area contributed by atoms with E-state index in [0.717, 1.165) is 30.5 Å². The zero-order valence-electron chi connectivity index (χ0n) is 27.8. The second-order valence-electron chi connectivity index (χ2n) is 13.4. The van der Waals surface area contributed by atoms with Gasteiger partial charge in [-0.1, -0.05) is 53.5 Å². The SMILES string of the molecule is COc1nc(-c2cccc(-c3cccc(-c4nc5cc6c(c(C#N)c5o4)CC[C@H]6N4CC[C@@H](C(=O)O)C4)c3Cl)c2Cl)cnc1CN1CC[C@@H](O)C1. The van der Waals surface area contributed by atoms with Crippen LogP contribution in [0.3, 0.4) is 0 Å². The van der Waals surface area contributed by atoms with Crippen molar-refractivity contribution < 1.29 is 24.2 Å². The van der Waals surface area contributed by atoms with E-state index in [1.807, 2.05) is 42.5 Å². The molecule has 0 amide bonds. The van der Waals surface area contributed by atoms with Gasteiger partial charge in [-0.05, 0) is 55.5 Å². The van der Waals surface area contributed by atoms with Gasteiger partial charge in [-0.25, -0.2) is 9.97 Å². The Balaban J connectivity index is 1.12. The summed E-state index contributed by atoms with van der Waals surface area (Å²) in [5, 5.41) is 30.6. The molecule has 2 fully saturated rings. The van der Waals surface area contributed by atoms with Gasteiger partial charge in [-0.15, -0.1) is 0 Å². The van der Waals surface area contributed by atoms with E-state index >= 15 is 0 Å². The van der Waals surface area contributed by atoms with E-state index in [1.165, 1.54) is 0 Å². The van der Waals surface area contributed by atoms with Gasteiger partial charge in [-0.2, -0.15) is 5.26 Å². The molecule has 2 saturated heterocycles. The van der Waals surface area contributed by atoms with Crippen LogP contribution in [0.15, 0.2) is 53.1 Å². The number of benzene rings is 3. The van der Waals surface area contributed by atoms with Crippen LogP contribution in [0, 0.1) is 17.2 Å². The van der Waals surface area contributed by atoms with Crippen molar-refractivity contribution in [2.24, 2.45) is 5.92 Å². The van der Waals surface area contributed by atoms with Gasteiger partial charge in [0.1, 0.15) is 22.8 Å². The van der Waals surface area contributed by atoms with Gasteiger partial charge in [0.25, 0.3) is 0 Å². The normalized spacial score (nSPS) is 20.6. The second kappa shape index (κ2) is 13.5. The van der Waals surface area contributed by atoms with E-state index in [4.69, 9.17) is 42.3 Å². The zero-order chi connectivity index (χ0) is 35.4. The number of methoxy groups -OCH3 is 1. The van der Waals surface area contributed by atoms with Gasteiger partial charge < -0.3 is 19.4 Å². The Kier molecular flexibility index (Phi) is 8.90. The third kappa shape index (κ3) is 6.01. The number of carboxylic acid groups (broad SMARTS) is 1. The molecular weight excluding hydrogens is 691 g/mol. The number of aromatic nitrogens is 3. The van der Waals surface area contributed by atoms with E-state index in [-0.39, 0.29) is 24.0 Å². The van der Waals surface area contributed by atoms with E-state index in [9.17, 15) is 20.3 Å². The predicted molar refractivity (Wildman–Crippen MR) is 191 cm³/mol. The smallest absolute Gasteiger partial charge is 0.307 e. The lowest BCUT2D eigenvalue weighted by atomic mass is 9.99. The van der Waals surface area contributed by atoms with Gasteiger partial charge >= 0.3 is 5.97 Å². The summed E-state index contributed by atoms with van der Waals surface area (Å²) in [6.45, 7) is 3.08. The quantitative estimate of drug-likeness (QED) is 0.175. The molecule has 51 heavy (non-hydrogen) atoms. The van der Waals surface area contributed by atoms with E-state index in [2.05, 4.69) is 20.9 Å². The summed E-state index contributed by atoms with van der Waals surface area (Å²) in [7, 11) is 1.56. The van der Waals surface area contributed by atoms with Crippen molar-refractivity contribution in [3.8, 4) is 45.8 Å². The number of nitrogens with zero attached hydrogens (tertiary/aromatic N) is 6. The molecule has 8 rings (SSSR count). The van der Waals surface area contributed by atoms with Crippen LogP contribution < -0.4 is 4.74 Å². The summed E-state index contributed by atoms with van der Waals surface area (Å²) in [6.07, 6.45) is 4.20. The van der Waals surface area contributed by atoms with Crippen LogP contribution in [0.2, 0.25) is 10.0 Å². The third-order valence-corrected chi connectivity index (χ3v) is 11.2. The topological polar surface area (TPSA) is 149 Å². The molecule has 3 aliphatic rings. The number of β-amino-alcohol motifs (C(OH)–C–C–N with tert-alkyl or cyclic N) is 1. The van der Waals surface area contributed by atoms with Crippen LogP contribution in [0.5, 0.6) is 5.88 Å². The molecule has 2 aromatic heterocycles. The van der Waals surface area contributed by atoms with Crippen molar-refractivity contribution in [2.75, 3.05) is 33.3 Å². The van der Waals surface area contributed by atoms with Crippen molar-refractivity contribution in [3.63, 3.8) is 0 Å². The van der Waals surface area contributed by atoms with Crippen LogP contribution in [-0.2, 0) is 17.8 Å². The van der Waals surface area contributed by atoms with Gasteiger partial charge in [0.2, 0.25) is 11.8 Å². The highest BCUT2D eigenvalue weighted by Gasteiger charge is 2.37. The van der Waals surface area contributed by atoms with Crippen LogP contribution in [0.4, 0.5) is 0 Å². The largest absolute Gasteiger partial charge is 0.481 e. The summed E-state index contributed by atoms with van der Waals surface area (Å²) in [5.41, 5.74) is 7.14. The minimum Gasteiger partial charge on any atom is -0.481 e. The Morgan fingerprint density at radius 1 is 1.04 bits per heavy atom. The molecule has 3 aromatic carbocycles. The number of carboxylic acids is 1. The number of aliphatic hydroxyl groups is 1. The van der Waals surface area contributed by atoms with Crippen molar-refractivity contribution in [3.05, 3.63) is 81.1 Å². The monoisotopic (exact) mass is 724 g/mol. The molecule has 0 unspecified atom stereocenters. The first-order valence-corrected chi connectivity index (χ1v) is 17.7. The molecule has 2 aliphatic heterocycles. The lowest BCUT2D eigenvalue weighted by molar-refractivity contribution is -0.141. The average molecular weight is 726 g/mol. The first-order chi connectivity index (χ1) is 24.7. The average Bonchev–Trinajstić information content (AvgIpc) is 3.94. The first-order valence-electron chi connectivity index (χ1n) is 17.0. The van der Waals surface area contributed by atoms with Gasteiger partial charge in [0.05, 0.1) is 46.6 Å². The van der Waals surface area contributed by atoms with Crippen molar-refractivity contribution in [2.45, 2.75) is 44.4 Å². The number of aliphatic carboxylic acids is 1. The molecule has 0 saturated carbocycles. The van der Waals surface area contributed by atoms with Crippen molar-refractivity contribution >= 4 is 40.3 Å². The minimum atomic E-state index is -0.768. The number of ether oxygens (including phenoxy) is 1. The Hall–Kier alpha value is -4.57. The summed E-state index contributed by atoms with van der Waals surface area (Å²) >= 11 is 14.2. The Morgan fingerprint density at radius 3 is 2.47 bits per heavy atom. The van der Waals surface area contributed by atoms with Crippen LogP contribution in [-0.4, -0.2) is 80.3 Å². The van der Waals surface area contributed by atoms with Crippen LogP contribution in [0.1, 0.15) is 47.7 Å². The minimum absolute atomic E-state index is 0.0299. The van der Waals surface area contributed by atoms with E-state index in [1.54, 1.807) is 13.3 Å². The molecule has 2 N–H and O–H groups in total. The molecule has 4 heterocycles. The second-order valence-corrected chi connectivity index (χ2v) is 14.2. The molecule has 0 bridgehead atoms. The van der Waals surface area contributed by atoms with E-state index in [0.29, 0.717) is 105 Å². The number of oxazole rings is 1. The fourth-order valence-corrected chi connectivity index (χ4v) is 8.46. The molecule has 3 atom stereocenters. The number of carbonyl (C=O) groups is 1. The molecule has 1 aliphatic carbocycles. The standard InChI is InChI=1S/C38H34Cl2N6O5/c1-50-37-31(19-45-12-11-21(47)18-45)42-16-30(44-37)25-6-2-4-23(33(25)39)24-5-3-7-26(34(24)40)36-43-29-14-27-22(28(15-41)35(29)51-36)8-9-32(27)46-13-10-20(17-46)38(48)49/h2-7,14,16,20-21,32,47H,8-13,17-19H2,1H3,(H,48,49)/t20-,21-,32-/m1/s1. The number of fused-ring (bicyclic) bond motifs is 2. The van der Waals surface area contributed by atoms with Crippen molar-refractivity contribution in [1.29, 1.82) is 5.26 Å². The first kappa shape index (κ1) is 33.6. The Morgan fingerprint density at radius 2 is 1.78 bits per heavy atom. The van der Waals surface area contributed by atoms with Gasteiger partial charge in [0.15, 0.2) is 5.58 Å². The Labute approximate surface area is 304 Å². The van der Waals surface area contributed by atoms with Gasteiger partial charge in [-0.3, -0.25) is 19.6 Å². The molecular formula is C38H34Cl2N6O5. The molecule has 11 nitrogen and oxygen atoms in total. The highest BCUT2D eigenvalue weighted by molar-refractivity contribution is 6.39. The predicted octanol–water partition coefficient (Wildman–Crippen LogP) is 6.77. The maximum atomic E-state index is 11.6. The molecule has 13 heteroatoms. The highest BCUT2D eigenvalue weighted by Crippen LogP contribution is 2.45. The van der Waals surface area contributed by atoms with Gasteiger partial charge in [0, 0.05) is 48.9 Å². The number of likely N-dealkylation sites (tertiary alicyclic amines) is 2. The van der Waals surface area contributed by atoms with Crippen molar-refractivity contribution in [1.82, 2.24) is 24.8 Å². The summed E-state index contributed by atoms with van der Waals surface area (Å²) in [5.74, 6) is -0.473. The molecule has 260 valence electrons. The fraction of sp³-hybridized carbons (Fsp3) is 0.342. The third-order valence-electron chi connectivity index (χ3n) is 10.4. The lowest BCUT2D eigenvalue weighted by Gasteiger charge is -2.24. The maximum Gasteiger partial charge on any atom is 0.307 e. The van der Waals surface area contributed by atoms with E-state index < -0.39 is 5.97 Å². The molecule has 5 aromatic rings. The summed E-state index contributed by atoms with van der Waals surface area (Å²) in [6, 6.07) is 15.5. The summed E-state index contributed by atoms with van der Waals surface area (Å²) < 4.78 is 11.9. The number of rotatable bonds is 8. The number of aliphatic hydroxyl groups excluding tert-OH is 1.